The number of amides is 4. The molecule has 4 aliphatic carbocycles. The van der Waals surface area contributed by atoms with Crippen LogP contribution in [0.25, 0.3) is 23.4 Å². The van der Waals surface area contributed by atoms with Crippen molar-refractivity contribution in [2.45, 2.75) is 126 Å². The quantitative estimate of drug-likeness (QED) is 0.0847. The minimum atomic E-state index is -0.376. The van der Waals surface area contributed by atoms with Gasteiger partial charge in [-0.05, 0) is 103 Å². The lowest BCUT2D eigenvalue weighted by molar-refractivity contribution is -0.125. The Hall–Kier alpha value is -6.02. The Morgan fingerprint density at radius 1 is 0.600 bits per heavy atom. The number of carbonyl (C=O) groups excluding carboxylic acids is 4. The SMILES string of the molecule is CN(C)C1CCC(Nc2nc(NC3CC3)n3ncc(/C=C4\CC(=O)NC4=O)c3n2)CC1.O=C1C/C(=C\c2cnn3c(NC4CC4)nc(NC4CCC(O)CC4)nc23)C(=O)N1. The fourth-order valence-electron chi connectivity index (χ4n) is 8.07. The normalized spacial score (nSPS) is 25.8. The zero-order valence-electron chi connectivity index (χ0n) is 33.8. The molecular formula is C40H51N15O5. The molecule has 316 valence electrons. The van der Waals surface area contributed by atoms with E-state index in [4.69, 9.17) is 9.97 Å². The fourth-order valence-corrected chi connectivity index (χ4v) is 8.07. The van der Waals surface area contributed by atoms with Gasteiger partial charge in [0.05, 0.1) is 31.3 Å². The molecule has 0 spiro atoms. The molecular weight excluding hydrogens is 771 g/mol. The standard InChI is InChI=1S/C21H28N8O2.C19H23N7O3/c1-28(2)16-7-5-14(6-8-16)23-20-26-18-13(9-12-10-17(30)25-19(12)31)11-22-29(18)21(27-20)24-15-3-4-15;27-14-5-3-12(4-6-14)21-18-24-16-11(7-10-8-15(28)23-17(10)29)9-20-26(16)19(25-18)22-13-1-2-13/h9,11,14-16H,3-8,10H2,1-2H3,(H,25,30,31)(H2,23,24,26,27);7,9,12-14,27H,1-6,8H2,(H,23,28,29)(H2,21,22,24,25)/b12-9+;10-7+. The molecule has 6 aliphatic rings. The Labute approximate surface area is 345 Å². The van der Waals surface area contributed by atoms with Crippen LogP contribution in [-0.2, 0) is 19.2 Å². The summed E-state index contributed by atoms with van der Waals surface area (Å²) < 4.78 is 3.31. The molecule has 4 saturated carbocycles. The topological polar surface area (TPSA) is 250 Å². The lowest BCUT2D eigenvalue weighted by Gasteiger charge is -2.33. The van der Waals surface area contributed by atoms with Gasteiger partial charge in [0.25, 0.3) is 11.8 Å². The Kier molecular flexibility index (Phi) is 10.9. The molecule has 20 heteroatoms. The van der Waals surface area contributed by atoms with Gasteiger partial charge in [-0.3, -0.25) is 29.8 Å². The van der Waals surface area contributed by atoms with E-state index in [1.807, 2.05) is 0 Å². The summed E-state index contributed by atoms with van der Waals surface area (Å²) in [4.78, 5) is 67.9. The molecule has 0 atom stereocenters. The molecule has 60 heavy (non-hydrogen) atoms. The molecule has 4 aromatic heterocycles. The number of nitrogens with one attached hydrogen (secondary N) is 6. The second-order valence-corrected chi connectivity index (χ2v) is 17.0. The Balaban J connectivity index is 0.000000154. The van der Waals surface area contributed by atoms with Gasteiger partial charge in [0.1, 0.15) is 0 Å². The molecule has 6 heterocycles. The van der Waals surface area contributed by atoms with E-state index in [0.29, 0.717) is 81.5 Å². The van der Waals surface area contributed by atoms with Crippen LogP contribution >= 0.6 is 0 Å². The van der Waals surface area contributed by atoms with Gasteiger partial charge in [-0.25, -0.2) is 0 Å². The maximum absolute atomic E-state index is 12.0. The molecule has 2 saturated heterocycles. The number of rotatable bonds is 11. The molecule has 4 aromatic rings. The number of hydrogen-bond donors (Lipinski definition) is 7. The van der Waals surface area contributed by atoms with Crippen LogP contribution < -0.4 is 31.9 Å². The van der Waals surface area contributed by atoms with Crippen LogP contribution in [0.5, 0.6) is 0 Å². The second-order valence-electron chi connectivity index (χ2n) is 17.0. The first-order chi connectivity index (χ1) is 29.0. The summed E-state index contributed by atoms with van der Waals surface area (Å²) in [6.07, 6.45) is 18.7. The van der Waals surface area contributed by atoms with Gasteiger partial charge in [-0.15, -0.1) is 0 Å². The summed E-state index contributed by atoms with van der Waals surface area (Å²) >= 11 is 0. The number of anilines is 4. The predicted octanol–water partition coefficient (Wildman–Crippen LogP) is 2.26. The van der Waals surface area contributed by atoms with Gasteiger partial charge in [0.15, 0.2) is 11.3 Å². The predicted molar refractivity (Wildman–Crippen MR) is 222 cm³/mol. The van der Waals surface area contributed by atoms with Crippen molar-refractivity contribution in [2.24, 2.45) is 0 Å². The number of imide groups is 2. The number of carbonyl (C=O) groups is 4. The molecule has 0 radical (unpaired) electrons. The first-order valence-electron chi connectivity index (χ1n) is 21.0. The van der Waals surface area contributed by atoms with E-state index in [0.717, 1.165) is 77.0 Å². The van der Waals surface area contributed by atoms with Gasteiger partial charge in [-0.2, -0.15) is 39.2 Å². The second kappa shape index (κ2) is 16.6. The van der Waals surface area contributed by atoms with Gasteiger partial charge in [0.2, 0.25) is 35.6 Å². The average molecular weight is 822 g/mol. The third-order valence-corrected chi connectivity index (χ3v) is 11.9. The highest BCUT2D eigenvalue weighted by Gasteiger charge is 2.30. The van der Waals surface area contributed by atoms with Crippen molar-refractivity contribution in [3.8, 4) is 0 Å². The lowest BCUT2D eigenvalue weighted by Crippen LogP contribution is -2.36. The minimum Gasteiger partial charge on any atom is -0.393 e. The summed E-state index contributed by atoms with van der Waals surface area (Å²) in [6, 6.07) is 1.95. The van der Waals surface area contributed by atoms with Gasteiger partial charge >= 0.3 is 0 Å². The number of hydrogen-bond acceptors (Lipinski definition) is 16. The number of fused-ring (bicyclic) bond motifs is 2. The zero-order valence-corrected chi connectivity index (χ0v) is 33.8. The van der Waals surface area contributed by atoms with Crippen molar-refractivity contribution in [3.05, 3.63) is 34.7 Å². The summed E-state index contributed by atoms with van der Waals surface area (Å²) in [5, 5.41) is 36.9. The van der Waals surface area contributed by atoms with Gasteiger partial charge in [0, 0.05) is 52.5 Å². The summed E-state index contributed by atoms with van der Waals surface area (Å²) in [5.74, 6) is 0.996. The van der Waals surface area contributed by atoms with Crippen LogP contribution in [0.4, 0.5) is 23.8 Å². The minimum absolute atomic E-state index is 0.0595. The Bertz CT molecular complexity index is 2380. The third kappa shape index (κ3) is 9.08. The van der Waals surface area contributed by atoms with E-state index in [1.54, 1.807) is 33.6 Å². The van der Waals surface area contributed by atoms with Crippen LogP contribution in [-0.4, -0.2) is 123 Å². The fraction of sp³-hybridized carbons (Fsp3) is 0.550. The number of aliphatic hydroxyl groups is 1. The lowest BCUT2D eigenvalue weighted by atomic mass is 9.91. The molecule has 2 aliphatic heterocycles. The zero-order chi connectivity index (χ0) is 41.5. The van der Waals surface area contributed by atoms with Crippen LogP contribution in [0, 0.1) is 0 Å². The van der Waals surface area contributed by atoms with Crippen molar-refractivity contribution in [3.63, 3.8) is 0 Å². The summed E-state index contributed by atoms with van der Waals surface area (Å²) in [5.41, 5.74) is 3.36. The molecule has 20 nitrogen and oxygen atoms in total. The molecule has 0 unspecified atom stereocenters. The molecule has 4 amide bonds. The van der Waals surface area contributed by atoms with E-state index >= 15 is 0 Å². The van der Waals surface area contributed by atoms with Crippen molar-refractivity contribution < 1.29 is 24.3 Å². The van der Waals surface area contributed by atoms with E-state index in [2.05, 4.69) is 71.1 Å². The van der Waals surface area contributed by atoms with Crippen molar-refractivity contribution >= 4 is 70.9 Å². The highest BCUT2D eigenvalue weighted by Crippen LogP contribution is 2.30. The largest absolute Gasteiger partial charge is 0.393 e. The first kappa shape index (κ1) is 39.4. The van der Waals surface area contributed by atoms with Crippen molar-refractivity contribution in [2.75, 3.05) is 35.4 Å². The molecule has 0 aromatic carbocycles. The van der Waals surface area contributed by atoms with Crippen molar-refractivity contribution in [1.29, 1.82) is 0 Å². The van der Waals surface area contributed by atoms with Crippen LogP contribution in [0.2, 0.25) is 0 Å². The van der Waals surface area contributed by atoms with Gasteiger partial charge < -0.3 is 31.3 Å². The maximum atomic E-state index is 12.0. The average Bonchev–Trinajstić information content (AvgIpc) is 4.08. The third-order valence-electron chi connectivity index (χ3n) is 11.9. The first-order valence-corrected chi connectivity index (χ1v) is 21.0. The Morgan fingerprint density at radius 2 is 1.00 bits per heavy atom. The summed E-state index contributed by atoms with van der Waals surface area (Å²) in [7, 11) is 4.28. The van der Waals surface area contributed by atoms with E-state index in [-0.39, 0.29) is 48.6 Å². The molecule has 7 N–H and O–H groups in total. The number of aliphatic hydroxyl groups excluding tert-OH is 1. The van der Waals surface area contributed by atoms with E-state index in [1.165, 1.54) is 0 Å². The van der Waals surface area contributed by atoms with Crippen molar-refractivity contribution in [1.82, 2.24) is 54.7 Å². The monoisotopic (exact) mass is 821 g/mol. The number of nitrogens with zero attached hydrogens (tertiary/aromatic N) is 9. The smallest absolute Gasteiger partial charge is 0.254 e. The summed E-state index contributed by atoms with van der Waals surface area (Å²) in [6.45, 7) is 0. The van der Waals surface area contributed by atoms with Crippen LogP contribution in [0.1, 0.15) is 101 Å². The highest BCUT2D eigenvalue weighted by atomic mass is 16.3. The molecule has 0 bridgehead atoms. The van der Waals surface area contributed by atoms with Crippen LogP contribution in [0.15, 0.2) is 23.5 Å². The number of aromatic nitrogens is 8. The van der Waals surface area contributed by atoms with E-state index < -0.39 is 0 Å². The van der Waals surface area contributed by atoms with E-state index in [9.17, 15) is 24.3 Å². The maximum Gasteiger partial charge on any atom is 0.254 e. The van der Waals surface area contributed by atoms with Gasteiger partial charge in [-0.1, -0.05) is 0 Å². The molecule has 10 rings (SSSR count). The Morgan fingerprint density at radius 3 is 1.38 bits per heavy atom. The molecule has 6 fully saturated rings. The highest BCUT2D eigenvalue weighted by molar-refractivity contribution is 6.16. The van der Waals surface area contributed by atoms with Crippen LogP contribution in [0.3, 0.4) is 0 Å².